The van der Waals surface area contributed by atoms with Crippen LogP contribution in [0.1, 0.15) is 72.1 Å². The SMILES string of the molecule is CCCCCCCC(=O)C1CCC(C)(C)C1=O. The zero-order valence-electron chi connectivity index (χ0n) is 11.6. The highest BCUT2D eigenvalue weighted by molar-refractivity contribution is 6.06. The lowest BCUT2D eigenvalue weighted by Gasteiger charge is -2.15. The molecule has 0 N–H and O–H groups in total. The van der Waals surface area contributed by atoms with Gasteiger partial charge in [-0.25, -0.2) is 0 Å². The number of carbonyl (C=O) groups excluding carboxylic acids is 2. The third-order valence-corrected chi connectivity index (χ3v) is 3.96. The summed E-state index contributed by atoms with van der Waals surface area (Å²) in [5, 5.41) is 0. The molecule has 0 bridgehead atoms. The van der Waals surface area contributed by atoms with E-state index in [9.17, 15) is 9.59 Å². The molecule has 1 rings (SSSR count). The molecule has 0 aliphatic heterocycles. The van der Waals surface area contributed by atoms with Crippen LogP contribution in [0.3, 0.4) is 0 Å². The van der Waals surface area contributed by atoms with Crippen LogP contribution in [-0.4, -0.2) is 11.6 Å². The smallest absolute Gasteiger partial charge is 0.148 e. The van der Waals surface area contributed by atoms with E-state index < -0.39 is 0 Å². The van der Waals surface area contributed by atoms with Crippen LogP contribution in [0.4, 0.5) is 0 Å². The normalized spacial score (nSPS) is 23.0. The van der Waals surface area contributed by atoms with Crippen molar-refractivity contribution in [3.8, 4) is 0 Å². The minimum absolute atomic E-state index is 0.177. The molecule has 0 amide bonds. The van der Waals surface area contributed by atoms with E-state index in [0.717, 1.165) is 25.7 Å². The molecule has 98 valence electrons. The van der Waals surface area contributed by atoms with Gasteiger partial charge >= 0.3 is 0 Å². The van der Waals surface area contributed by atoms with Gasteiger partial charge in [0.25, 0.3) is 0 Å². The molecule has 1 aliphatic carbocycles. The number of Topliss-reactive ketones (excluding diaryl/α,β-unsaturated/α-hetero) is 2. The summed E-state index contributed by atoms with van der Waals surface area (Å²) in [5.74, 6) is 0.0873. The molecule has 1 unspecified atom stereocenters. The van der Waals surface area contributed by atoms with Gasteiger partial charge in [-0.05, 0) is 19.3 Å². The van der Waals surface area contributed by atoms with Gasteiger partial charge in [-0.3, -0.25) is 9.59 Å². The van der Waals surface area contributed by atoms with Gasteiger partial charge in [-0.15, -0.1) is 0 Å². The third kappa shape index (κ3) is 3.93. The first kappa shape index (κ1) is 14.4. The topological polar surface area (TPSA) is 34.1 Å². The predicted molar refractivity (Wildman–Crippen MR) is 69.9 cm³/mol. The Morgan fingerprint density at radius 3 is 2.41 bits per heavy atom. The highest BCUT2D eigenvalue weighted by Crippen LogP contribution is 2.38. The Morgan fingerprint density at radius 1 is 1.24 bits per heavy atom. The maximum absolute atomic E-state index is 12.0. The van der Waals surface area contributed by atoms with Crippen molar-refractivity contribution in [1.82, 2.24) is 0 Å². The van der Waals surface area contributed by atoms with Crippen molar-refractivity contribution in [1.29, 1.82) is 0 Å². The van der Waals surface area contributed by atoms with E-state index in [4.69, 9.17) is 0 Å². The first-order valence-electron chi connectivity index (χ1n) is 7.06. The van der Waals surface area contributed by atoms with Crippen molar-refractivity contribution in [2.75, 3.05) is 0 Å². The first-order valence-corrected chi connectivity index (χ1v) is 7.06. The molecule has 0 aromatic heterocycles. The molecule has 0 heterocycles. The Labute approximate surface area is 105 Å². The Bertz CT molecular complexity index is 279. The fraction of sp³-hybridized carbons (Fsp3) is 0.867. The maximum atomic E-state index is 12.0. The van der Waals surface area contributed by atoms with E-state index in [1.165, 1.54) is 19.3 Å². The van der Waals surface area contributed by atoms with Crippen LogP contribution in [0.25, 0.3) is 0 Å². The lowest BCUT2D eigenvalue weighted by molar-refractivity contribution is -0.134. The number of ketones is 2. The van der Waals surface area contributed by atoms with Crippen LogP contribution in [0.15, 0.2) is 0 Å². The summed E-state index contributed by atoms with van der Waals surface area (Å²) in [4.78, 5) is 23.9. The molecule has 17 heavy (non-hydrogen) atoms. The molecule has 0 saturated heterocycles. The Hall–Kier alpha value is -0.660. The Balaban J connectivity index is 2.27. The van der Waals surface area contributed by atoms with E-state index >= 15 is 0 Å². The minimum atomic E-state index is -0.281. The van der Waals surface area contributed by atoms with E-state index in [0.29, 0.717) is 6.42 Å². The third-order valence-electron chi connectivity index (χ3n) is 3.96. The van der Waals surface area contributed by atoms with Crippen LogP contribution in [-0.2, 0) is 9.59 Å². The largest absolute Gasteiger partial charge is 0.299 e. The van der Waals surface area contributed by atoms with Gasteiger partial charge in [0.05, 0.1) is 5.92 Å². The molecule has 1 aliphatic rings. The highest BCUT2D eigenvalue weighted by Gasteiger charge is 2.43. The van der Waals surface area contributed by atoms with E-state index in [2.05, 4.69) is 6.92 Å². The second kappa shape index (κ2) is 6.32. The van der Waals surface area contributed by atoms with Crippen LogP contribution < -0.4 is 0 Å². The number of hydrogen-bond acceptors (Lipinski definition) is 2. The van der Waals surface area contributed by atoms with Crippen LogP contribution in [0, 0.1) is 11.3 Å². The summed E-state index contributed by atoms with van der Waals surface area (Å²) in [6.45, 7) is 6.11. The summed E-state index contributed by atoms with van der Waals surface area (Å²) < 4.78 is 0. The first-order chi connectivity index (χ1) is 7.99. The number of unbranched alkanes of at least 4 members (excludes halogenated alkanes) is 4. The molecule has 1 saturated carbocycles. The average molecular weight is 238 g/mol. The maximum Gasteiger partial charge on any atom is 0.148 e. The quantitative estimate of drug-likeness (QED) is 0.497. The summed E-state index contributed by atoms with van der Waals surface area (Å²) in [6, 6.07) is 0. The number of carbonyl (C=O) groups is 2. The van der Waals surface area contributed by atoms with Crippen LogP contribution in [0.2, 0.25) is 0 Å². The molecular formula is C15H26O2. The second-order valence-corrected chi connectivity index (χ2v) is 5.97. The van der Waals surface area contributed by atoms with Crippen molar-refractivity contribution < 1.29 is 9.59 Å². The predicted octanol–water partition coefficient (Wildman–Crippen LogP) is 3.92. The molecule has 0 aromatic rings. The van der Waals surface area contributed by atoms with Crippen LogP contribution in [0.5, 0.6) is 0 Å². The average Bonchev–Trinajstić information content (AvgIpc) is 2.54. The molecule has 1 fully saturated rings. The fourth-order valence-corrected chi connectivity index (χ4v) is 2.62. The van der Waals surface area contributed by atoms with Crippen molar-refractivity contribution >= 4 is 11.6 Å². The van der Waals surface area contributed by atoms with Gasteiger partial charge in [0.15, 0.2) is 0 Å². The number of rotatable bonds is 7. The van der Waals surface area contributed by atoms with E-state index in [1.807, 2.05) is 13.8 Å². The molecule has 2 nitrogen and oxygen atoms in total. The lowest BCUT2D eigenvalue weighted by atomic mass is 9.87. The molecule has 0 radical (unpaired) electrons. The van der Waals surface area contributed by atoms with E-state index in [-0.39, 0.29) is 22.9 Å². The molecule has 2 heteroatoms. The molecule has 0 spiro atoms. The molecule has 1 atom stereocenters. The summed E-state index contributed by atoms with van der Waals surface area (Å²) in [7, 11) is 0. The molecule has 0 aromatic carbocycles. The van der Waals surface area contributed by atoms with Crippen molar-refractivity contribution in [2.45, 2.75) is 72.1 Å². The van der Waals surface area contributed by atoms with Gasteiger partial charge in [0.2, 0.25) is 0 Å². The zero-order valence-corrected chi connectivity index (χ0v) is 11.6. The highest BCUT2D eigenvalue weighted by atomic mass is 16.2. The van der Waals surface area contributed by atoms with Gasteiger partial charge in [0.1, 0.15) is 11.6 Å². The zero-order chi connectivity index (χ0) is 12.9. The van der Waals surface area contributed by atoms with Crippen molar-refractivity contribution in [3.05, 3.63) is 0 Å². The van der Waals surface area contributed by atoms with Gasteiger partial charge in [-0.1, -0.05) is 46.5 Å². The van der Waals surface area contributed by atoms with Crippen LogP contribution >= 0.6 is 0 Å². The Morgan fingerprint density at radius 2 is 1.88 bits per heavy atom. The summed E-state index contributed by atoms with van der Waals surface area (Å²) in [5.41, 5.74) is -0.261. The van der Waals surface area contributed by atoms with Gasteiger partial charge < -0.3 is 0 Å². The van der Waals surface area contributed by atoms with Gasteiger partial charge in [-0.2, -0.15) is 0 Å². The second-order valence-electron chi connectivity index (χ2n) is 5.97. The van der Waals surface area contributed by atoms with Crippen molar-refractivity contribution in [3.63, 3.8) is 0 Å². The van der Waals surface area contributed by atoms with E-state index in [1.54, 1.807) is 0 Å². The lowest BCUT2D eigenvalue weighted by Crippen LogP contribution is -2.26. The standard InChI is InChI=1S/C15H26O2/c1-4-5-6-7-8-9-13(16)12-10-11-15(2,3)14(12)17/h12H,4-11H2,1-3H3. The summed E-state index contributed by atoms with van der Waals surface area (Å²) >= 11 is 0. The monoisotopic (exact) mass is 238 g/mol. The number of hydrogen-bond donors (Lipinski definition) is 0. The molecular weight excluding hydrogens is 212 g/mol. The van der Waals surface area contributed by atoms with Crippen molar-refractivity contribution in [2.24, 2.45) is 11.3 Å². The fourth-order valence-electron chi connectivity index (χ4n) is 2.62. The van der Waals surface area contributed by atoms with Gasteiger partial charge in [0, 0.05) is 11.8 Å². The summed E-state index contributed by atoms with van der Waals surface area (Å²) in [6.07, 6.45) is 8.04. The Kier molecular flexibility index (Phi) is 5.35. The minimum Gasteiger partial charge on any atom is -0.299 e.